The van der Waals surface area contributed by atoms with Crippen LogP contribution in [0.4, 0.5) is 8.78 Å². The van der Waals surface area contributed by atoms with E-state index in [1.807, 2.05) is 24.3 Å². The molecule has 1 heterocycles. The summed E-state index contributed by atoms with van der Waals surface area (Å²) in [5.74, 6) is 0.832. The van der Waals surface area contributed by atoms with Gasteiger partial charge >= 0.3 is 0 Å². The van der Waals surface area contributed by atoms with Crippen molar-refractivity contribution >= 4 is 8.32 Å². The Balaban J connectivity index is 2.12. The first-order valence-corrected chi connectivity index (χ1v) is 11.3. The molecule has 22 heavy (non-hydrogen) atoms. The van der Waals surface area contributed by atoms with Gasteiger partial charge < -0.3 is 9.74 Å². The molecule has 1 fully saturated rings. The Morgan fingerprint density at radius 2 is 1.73 bits per heavy atom. The summed E-state index contributed by atoms with van der Waals surface area (Å²) < 4.78 is 31.9. The van der Waals surface area contributed by atoms with E-state index in [2.05, 4.69) is 29.9 Å². The Morgan fingerprint density at radius 3 is 2.23 bits per heavy atom. The van der Waals surface area contributed by atoms with Crippen molar-refractivity contribution < 1.29 is 13.2 Å². The third kappa shape index (κ3) is 5.33. The molecule has 3 nitrogen and oxygen atoms in total. The second kappa shape index (κ2) is 7.52. The Hall–Kier alpha value is -0.983. The fourth-order valence-corrected chi connectivity index (χ4v) is 3.61. The highest BCUT2D eigenvalue weighted by Gasteiger charge is 2.25. The van der Waals surface area contributed by atoms with Crippen LogP contribution in [0, 0.1) is 0 Å². The average Bonchev–Trinajstić information content (AvgIpc) is 2.45. The average molecular weight is 328 g/mol. The van der Waals surface area contributed by atoms with Gasteiger partial charge in [0.25, 0.3) is 0 Å². The molecule has 0 aliphatic carbocycles. The van der Waals surface area contributed by atoms with Crippen LogP contribution in [0.5, 0.6) is 5.75 Å². The quantitative estimate of drug-likeness (QED) is 0.809. The van der Waals surface area contributed by atoms with Crippen LogP contribution in [0.1, 0.15) is 18.0 Å². The van der Waals surface area contributed by atoms with E-state index in [0.29, 0.717) is 0 Å². The van der Waals surface area contributed by atoms with E-state index in [9.17, 15) is 8.78 Å². The van der Waals surface area contributed by atoms with Gasteiger partial charge in [0.2, 0.25) is 14.7 Å². The fraction of sp³-hybridized carbons (Fsp3) is 0.625. The van der Waals surface area contributed by atoms with Crippen LogP contribution < -0.4 is 9.74 Å². The lowest BCUT2D eigenvalue weighted by atomic mass is 10.0. The summed E-state index contributed by atoms with van der Waals surface area (Å²) in [6.07, 6.45) is -2.41. The molecule has 6 heteroatoms. The lowest BCUT2D eigenvalue weighted by Gasteiger charge is -2.35. The van der Waals surface area contributed by atoms with E-state index in [4.69, 9.17) is 4.43 Å². The highest BCUT2D eigenvalue weighted by atomic mass is 28.4. The van der Waals surface area contributed by atoms with Crippen molar-refractivity contribution in [2.24, 2.45) is 0 Å². The molecule has 0 aromatic heterocycles. The van der Waals surface area contributed by atoms with Crippen molar-refractivity contribution in [3.63, 3.8) is 0 Å². The molecule has 1 aromatic rings. The number of piperazine rings is 1. The number of nitrogens with zero attached hydrogens (tertiary/aromatic N) is 1. The van der Waals surface area contributed by atoms with Crippen LogP contribution >= 0.6 is 0 Å². The highest BCUT2D eigenvalue weighted by Crippen LogP contribution is 2.29. The number of hydrogen-bond acceptors (Lipinski definition) is 3. The molecular weight excluding hydrogens is 302 g/mol. The van der Waals surface area contributed by atoms with Crippen molar-refractivity contribution in [2.75, 3.05) is 26.2 Å². The first-order valence-electron chi connectivity index (χ1n) is 7.87. The summed E-state index contributed by atoms with van der Waals surface area (Å²) in [4.78, 5) is 2.15. The van der Waals surface area contributed by atoms with Gasteiger partial charge in [0.1, 0.15) is 5.75 Å². The predicted octanol–water partition coefficient (Wildman–Crippen LogP) is 3.50. The number of halogens is 2. The Bertz CT molecular complexity index is 456. The Morgan fingerprint density at radius 1 is 1.14 bits per heavy atom. The lowest BCUT2D eigenvalue weighted by molar-refractivity contribution is 0.0739. The van der Waals surface area contributed by atoms with E-state index in [1.54, 1.807) is 0 Å². The number of hydrogen-bond donors (Lipinski definition) is 1. The zero-order valence-electron chi connectivity index (χ0n) is 13.6. The van der Waals surface area contributed by atoms with Crippen molar-refractivity contribution in [1.82, 2.24) is 10.2 Å². The van der Waals surface area contributed by atoms with E-state index < -0.39 is 14.7 Å². The lowest BCUT2D eigenvalue weighted by Crippen LogP contribution is -2.45. The van der Waals surface area contributed by atoms with Gasteiger partial charge in [-0.25, -0.2) is 8.78 Å². The molecule has 2 rings (SSSR count). The van der Waals surface area contributed by atoms with Crippen LogP contribution in [0.3, 0.4) is 0 Å². The summed E-state index contributed by atoms with van der Waals surface area (Å²) in [6.45, 7) is 9.71. The molecule has 124 valence electrons. The van der Waals surface area contributed by atoms with Gasteiger partial charge in [-0.1, -0.05) is 12.1 Å². The predicted molar refractivity (Wildman–Crippen MR) is 88.2 cm³/mol. The molecule has 0 bridgehead atoms. The molecule has 0 spiro atoms. The van der Waals surface area contributed by atoms with Gasteiger partial charge in [0, 0.05) is 38.6 Å². The van der Waals surface area contributed by atoms with Crippen LogP contribution in [0.15, 0.2) is 24.3 Å². The maximum atomic E-state index is 13.0. The van der Waals surface area contributed by atoms with E-state index in [1.165, 1.54) is 0 Å². The number of benzene rings is 1. The maximum absolute atomic E-state index is 13.0. The normalized spacial score (nSPS) is 18.5. The number of rotatable bonds is 6. The molecule has 1 atom stereocenters. The second-order valence-electron chi connectivity index (χ2n) is 6.71. The zero-order valence-corrected chi connectivity index (χ0v) is 14.6. The molecule has 0 saturated carbocycles. The van der Waals surface area contributed by atoms with Crippen LogP contribution in [0.2, 0.25) is 19.6 Å². The van der Waals surface area contributed by atoms with Gasteiger partial charge in [-0.3, -0.25) is 4.90 Å². The molecule has 1 saturated heterocycles. The van der Waals surface area contributed by atoms with Gasteiger partial charge in [0.05, 0.1) is 0 Å². The zero-order chi connectivity index (χ0) is 16.2. The summed E-state index contributed by atoms with van der Waals surface area (Å²) in [5.41, 5.74) is 0.949. The SMILES string of the molecule is C[Si](C)(C)Oc1ccc([C@H](CC(F)F)N2CCNCC2)cc1. The molecule has 1 aromatic carbocycles. The topological polar surface area (TPSA) is 24.5 Å². The molecular formula is C16H26F2N2OSi. The van der Waals surface area contributed by atoms with Crippen molar-refractivity contribution in [3.8, 4) is 5.75 Å². The third-order valence-corrected chi connectivity index (χ3v) is 4.53. The smallest absolute Gasteiger partial charge is 0.242 e. The largest absolute Gasteiger partial charge is 0.544 e. The fourth-order valence-electron chi connectivity index (χ4n) is 2.77. The summed E-state index contributed by atoms with van der Waals surface area (Å²) in [5, 5.41) is 3.26. The highest BCUT2D eigenvalue weighted by molar-refractivity contribution is 6.70. The first kappa shape index (κ1) is 17.4. The van der Waals surface area contributed by atoms with Crippen LogP contribution in [-0.2, 0) is 0 Å². The van der Waals surface area contributed by atoms with Crippen molar-refractivity contribution in [3.05, 3.63) is 29.8 Å². The Labute approximate surface area is 132 Å². The van der Waals surface area contributed by atoms with Gasteiger partial charge in [-0.05, 0) is 37.3 Å². The molecule has 1 aliphatic rings. The molecule has 1 aliphatic heterocycles. The Kier molecular flexibility index (Phi) is 5.94. The van der Waals surface area contributed by atoms with Gasteiger partial charge in [-0.15, -0.1) is 0 Å². The maximum Gasteiger partial charge on any atom is 0.242 e. The van der Waals surface area contributed by atoms with E-state index in [-0.39, 0.29) is 12.5 Å². The molecule has 0 amide bonds. The molecule has 0 unspecified atom stereocenters. The van der Waals surface area contributed by atoms with Gasteiger partial charge in [-0.2, -0.15) is 0 Å². The minimum Gasteiger partial charge on any atom is -0.544 e. The summed E-state index contributed by atoms with van der Waals surface area (Å²) in [6, 6.07) is 7.47. The minimum atomic E-state index is -2.29. The van der Waals surface area contributed by atoms with Crippen LogP contribution in [0.25, 0.3) is 0 Å². The first-order chi connectivity index (χ1) is 10.3. The summed E-state index contributed by atoms with van der Waals surface area (Å²) >= 11 is 0. The standard InChI is InChI=1S/C16H26F2N2OSi/c1-22(2,3)21-14-6-4-13(5-7-14)15(12-16(17)18)20-10-8-19-9-11-20/h4-7,15-16,19H,8-12H2,1-3H3/t15-/m0/s1. The number of nitrogens with one attached hydrogen (secondary N) is 1. The second-order valence-corrected chi connectivity index (χ2v) is 11.1. The minimum absolute atomic E-state index is 0.117. The van der Waals surface area contributed by atoms with Gasteiger partial charge in [0.15, 0.2) is 0 Å². The van der Waals surface area contributed by atoms with Crippen molar-refractivity contribution in [1.29, 1.82) is 0 Å². The molecule has 1 N–H and O–H groups in total. The van der Waals surface area contributed by atoms with E-state index >= 15 is 0 Å². The number of alkyl halides is 2. The molecule has 0 radical (unpaired) electrons. The monoisotopic (exact) mass is 328 g/mol. The van der Waals surface area contributed by atoms with Crippen LogP contribution in [-0.4, -0.2) is 45.8 Å². The van der Waals surface area contributed by atoms with E-state index in [0.717, 1.165) is 37.5 Å². The summed E-state index contributed by atoms with van der Waals surface area (Å²) in [7, 11) is -1.64. The third-order valence-electron chi connectivity index (χ3n) is 3.68. The van der Waals surface area contributed by atoms with Crippen molar-refractivity contribution in [2.45, 2.75) is 38.5 Å².